The molecule has 0 spiro atoms. The number of rotatable bonds is 5. The molecule has 0 atom stereocenters. The summed E-state index contributed by atoms with van der Waals surface area (Å²) in [6.07, 6.45) is 0. The second-order valence-corrected chi connectivity index (χ2v) is 6.74. The Morgan fingerprint density at radius 3 is 2.58 bits per heavy atom. The molecule has 5 nitrogen and oxygen atoms in total. The van der Waals surface area contributed by atoms with E-state index in [1.165, 1.54) is 35.2 Å². The third kappa shape index (κ3) is 4.19. The second kappa shape index (κ2) is 7.82. The van der Waals surface area contributed by atoms with Gasteiger partial charge in [0.2, 0.25) is 5.91 Å². The molecule has 2 aromatic carbocycles. The summed E-state index contributed by atoms with van der Waals surface area (Å²) in [7, 11) is 0. The number of likely N-dealkylation sites (tertiary alicyclic amines) is 1. The number of hydrogen-bond acceptors (Lipinski definition) is 3. The third-order valence-corrected chi connectivity index (χ3v) is 4.48. The number of anilines is 1. The minimum absolute atomic E-state index is 0.00128. The van der Waals surface area contributed by atoms with Crippen LogP contribution in [0.25, 0.3) is 0 Å². The lowest BCUT2D eigenvalue weighted by atomic mass is 9.99. The van der Waals surface area contributed by atoms with Crippen LogP contribution in [0, 0.1) is 17.6 Å². The molecule has 2 amide bonds. The average molecular weight is 425 g/mol. The average Bonchev–Trinajstić information content (AvgIpc) is 2.55. The van der Waals surface area contributed by atoms with E-state index in [9.17, 15) is 18.4 Å². The first-order chi connectivity index (χ1) is 12.4. The number of benzene rings is 2. The number of ether oxygens (including phenoxy) is 1. The highest BCUT2D eigenvalue weighted by atomic mass is 79.9. The largest absolute Gasteiger partial charge is 0.481 e. The molecule has 1 aliphatic rings. The van der Waals surface area contributed by atoms with Crippen molar-refractivity contribution in [3.05, 3.63) is 58.6 Å². The van der Waals surface area contributed by atoms with Crippen LogP contribution < -0.4 is 10.1 Å². The minimum atomic E-state index is -0.544. The fourth-order valence-corrected chi connectivity index (χ4v) is 2.80. The minimum Gasteiger partial charge on any atom is -0.481 e. The van der Waals surface area contributed by atoms with E-state index in [4.69, 9.17) is 4.74 Å². The van der Waals surface area contributed by atoms with Crippen LogP contribution >= 0.6 is 15.9 Å². The predicted octanol–water partition coefficient (Wildman–Crippen LogP) is 3.20. The van der Waals surface area contributed by atoms with Crippen LogP contribution in [-0.2, 0) is 9.59 Å². The summed E-state index contributed by atoms with van der Waals surface area (Å²) < 4.78 is 32.9. The van der Waals surface area contributed by atoms with E-state index in [-0.39, 0.29) is 42.9 Å². The Bertz CT molecular complexity index is 841. The summed E-state index contributed by atoms with van der Waals surface area (Å²) in [6.45, 7) is 0.115. The highest BCUT2D eigenvalue weighted by molar-refractivity contribution is 9.10. The van der Waals surface area contributed by atoms with E-state index < -0.39 is 17.6 Å². The van der Waals surface area contributed by atoms with E-state index in [0.717, 1.165) is 0 Å². The van der Waals surface area contributed by atoms with Gasteiger partial charge >= 0.3 is 0 Å². The molecule has 2 aromatic rings. The standard InChI is InChI=1S/C18H15BrF2N2O3/c19-12-5-6-15(14(21)7-12)22-18(25)11-8-23(9-11)17(24)10-26-16-4-2-1-3-13(16)20/h1-7,11H,8-10H2,(H,22,25). The molecule has 0 unspecified atom stereocenters. The van der Waals surface area contributed by atoms with Crippen LogP contribution in [0.5, 0.6) is 5.75 Å². The van der Waals surface area contributed by atoms with Crippen molar-refractivity contribution in [2.45, 2.75) is 0 Å². The quantitative estimate of drug-likeness (QED) is 0.801. The number of carbonyl (C=O) groups is 2. The molecule has 136 valence electrons. The Labute approximate surface area is 157 Å². The summed E-state index contributed by atoms with van der Waals surface area (Å²) in [6, 6.07) is 10.1. The Kier molecular flexibility index (Phi) is 5.51. The van der Waals surface area contributed by atoms with Crippen LogP contribution in [0.3, 0.4) is 0 Å². The third-order valence-electron chi connectivity index (χ3n) is 3.98. The van der Waals surface area contributed by atoms with Gasteiger partial charge in [-0.25, -0.2) is 8.78 Å². The van der Waals surface area contributed by atoms with E-state index in [1.54, 1.807) is 12.1 Å². The molecule has 1 fully saturated rings. The van der Waals surface area contributed by atoms with E-state index in [2.05, 4.69) is 21.2 Å². The maximum absolute atomic E-state index is 13.7. The van der Waals surface area contributed by atoms with Gasteiger partial charge in [-0.05, 0) is 30.3 Å². The zero-order valence-corrected chi connectivity index (χ0v) is 15.1. The first-order valence-corrected chi connectivity index (χ1v) is 8.64. The summed E-state index contributed by atoms with van der Waals surface area (Å²) in [5.74, 6) is -2.20. The Hall–Kier alpha value is -2.48. The number of nitrogens with one attached hydrogen (secondary N) is 1. The monoisotopic (exact) mass is 424 g/mol. The van der Waals surface area contributed by atoms with E-state index in [1.807, 2.05) is 0 Å². The fraction of sp³-hybridized carbons (Fsp3) is 0.222. The zero-order valence-electron chi connectivity index (χ0n) is 13.5. The Morgan fingerprint density at radius 1 is 1.15 bits per heavy atom. The molecule has 1 aliphatic heterocycles. The molecule has 0 bridgehead atoms. The summed E-state index contributed by atoms with van der Waals surface area (Å²) in [5.41, 5.74) is 0.0888. The molecular formula is C18H15BrF2N2O3. The maximum Gasteiger partial charge on any atom is 0.260 e. The van der Waals surface area contributed by atoms with Gasteiger partial charge in [-0.2, -0.15) is 0 Å². The lowest BCUT2D eigenvalue weighted by Gasteiger charge is -2.38. The highest BCUT2D eigenvalue weighted by Gasteiger charge is 2.36. The van der Waals surface area contributed by atoms with Crippen molar-refractivity contribution in [2.24, 2.45) is 5.92 Å². The first kappa shape index (κ1) is 18.3. The van der Waals surface area contributed by atoms with Crippen LogP contribution in [0.15, 0.2) is 46.9 Å². The molecule has 0 saturated carbocycles. The van der Waals surface area contributed by atoms with Gasteiger partial charge < -0.3 is 15.0 Å². The predicted molar refractivity (Wildman–Crippen MR) is 94.7 cm³/mol. The zero-order chi connectivity index (χ0) is 18.7. The molecular weight excluding hydrogens is 410 g/mol. The van der Waals surface area contributed by atoms with Crippen molar-refractivity contribution < 1.29 is 23.1 Å². The van der Waals surface area contributed by atoms with Gasteiger partial charge in [0, 0.05) is 17.6 Å². The first-order valence-electron chi connectivity index (χ1n) is 7.85. The van der Waals surface area contributed by atoms with Gasteiger partial charge in [0.15, 0.2) is 18.2 Å². The van der Waals surface area contributed by atoms with E-state index >= 15 is 0 Å². The van der Waals surface area contributed by atoms with Crippen LogP contribution in [0.1, 0.15) is 0 Å². The number of halogens is 3. The smallest absolute Gasteiger partial charge is 0.260 e. The summed E-state index contributed by atoms with van der Waals surface area (Å²) in [4.78, 5) is 25.6. The van der Waals surface area contributed by atoms with Crippen molar-refractivity contribution in [3.63, 3.8) is 0 Å². The molecule has 1 heterocycles. The number of hydrogen-bond donors (Lipinski definition) is 1. The fourth-order valence-electron chi connectivity index (χ4n) is 2.47. The van der Waals surface area contributed by atoms with Crippen LogP contribution in [0.2, 0.25) is 0 Å². The van der Waals surface area contributed by atoms with Gasteiger partial charge in [0.1, 0.15) is 5.82 Å². The maximum atomic E-state index is 13.7. The van der Waals surface area contributed by atoms with Crippen molar-refractivity contribution >= 4 is 33.4 Å². The molecule has 0 aromatic heterocycles. The number of carbonyl (C=O) groups excluding carboxylic acids is 2. The molecule has 1 saturated heterocycles. The number of para-hydroxylation sites is 1. The van der Waals surface area contributed by atoms with Gasteiger partial charge in [-0.15, -0.1) is 0 Å². The lowest BCUT2D eigenvalue weighted by molar-refractivity contribution is -0.143. The van der Waals surface area contributed by atoms with Gasteiger partial charge in [0.25, 0.3) is 5.91 Å². The molecule has 26 heavy (non-hydrogen) atoms. The molecule has 0 aliphatic carbocycles. The Morgan fingerprint density at radius 2 is 1.88 bits per heavy atom. The number of amides is 2. The topological polar surface area (TPSA) is 58.6 Å². The SMILES string of the molecule is O=C(Nc1ccc(Br)cc1F)C1CN(C(=O)COc2ccccc2F)C1. The van der Waals surface area contributed by atoms with Crippen LogP contribution in [-0.4, -0.2) is 36.4 Å². The second-order valence-electron chi connectivity index (χ2n) is 5.83. The Balaban J connectivity index is 1.46. The highest BCUT2D eigenvalue weighted by Crippen LogP contribution is 2.23. The van der Waals surface area contributed by atoms with Gasteiger partial charge in [0.05, 0.1) is 11.6 Å². The van der Waals surface area contributed by atoms with Gasteiger partial charge in [-0.3, -0.25) is 9.59 Å². The van der Waals surface area contributed by atoms with Crippen molar-refractivity contribution in [2.75, 3.05) is 25.0 Å². The van der Waals surface area contributed by atoms with Gasteiger partial charge in [-0.1, -0.05) is 28.1 Å². The van der Waals surface area contributed by atoms with Crippen molar-refractivity contribution in [3.8, 4) is 5.75 Å². The molecule has 8 heteroatoms. The summed E-state index contributed by atoms with van der Waals surface area (Å²) in [5, 5.41) is 2.51. The van der Waals surface area contributed by atoms with Crippen molar-refractivity contribution in [1.82, 2.24) is 4.90 Å². The molecule has 0 radical (unpaired) electrons. The van der Waals surface area contributed by atoms with E-state index in [0.29, 0.717) is 4.47 Å². The van der Waals surface area contributed by atoms with Crippen molar-refractivity contribution in [1.29, 1.82) is 0 Å². The molecule has 1 N–H and O–H groups in total. The molecule has 3 rings (SSSR count). The lowest BCUT2D eigenvalue weighted by Crippen LogP contribution is -2.55. The summed E-state index contributed by atoms with van der Waals surface area (Å²) >= 11 is 3.14. The number of nitrogens with zero attached hydrogens (tertiary/aromatic N) is 1. The van der Waals surface area contributed by atoms with Crippen LogP contribution in [0.4, 0.5) is 14.5 Å². The normalized spacial score (nSPS) is 13.9.